The fourth-order valence-electron chi connectivity index (χ4n) is 2.26. The summed E-state index contributed by atoms with van der Waals surface area (Å²) in [5.41, 5.74) is -3.00. The van der Waals surface area contributed by atoms with E-state index in [2.05, 4.69) is 0 Å². The molecular formula is C23H23EuF3O6. The third-order valence-corrected chi connectivity index (χ3v) is 4.25. The Bertz CT molecular complexity index is 1180. The molecule has 0 fully saturated rings. The summed E-state index contributed by atoms with van der Waals surface area (Å²) in [6.07, 6.45) is -3.95. The first kappa shape index (κ1) is 31.1. The molecule has 1 N–H and O–H groups in total. The predicted octanol–water partition coefficient (Wildman–Crippen LogP) is 5.37. The molecule has 3 aromatic rings. The van der Waals surface area contributed by atoms with E-state index in [1.165, 1.54) is 6.07 Å². The van der Waals surface area contributed by atoms with Gasteiger partial charge < -0.3 is 19.1 Å². The number of carbonyl (C=O) groups excluding carboxylic acids is 3. The average Bonchev–Trinajstić information content (AvgIpc) is 2.73. The molecule has 3 rings (SSSR count). The number of benzene rings is 2. The van der Waals surface area contributed by atoms with E-state index in [1.54, 1.807) is 44.2 Å². The Hall–Kier alpha value is -1.91. The molecule has 2 aromatic carbocycles. The first-order valence-corrected chi connectivity index (χ1v) is 9.62. The van der Waals surface area contributed by atoms with Gasteiger partial charge in [0.15, 0.2) is 5.56 Å². The first-order chi connectivity index (χ1) is 14.8. The Balaban J connectivity index is 0.000000790. The van der Waals surface area contributed by atoms with Crippen LogP contribution in [-0.4, -0.2) is 28.6 Å². The average molecular weight is 604 g/mol. The second kappa shape index (κ2) is 13.7. The van der Waals surface area contributed by atoms with Crippen molar-refractivity contribution in [1.82, 2.24) is 0 Å². The summed E-state index contributed by atoms with van der Waals surface area (Å²) < 4.78 is 42.4. The minimum absolute atomic E-state index is 0. The third-order valence-electron chi connectivity index (χ3n) is 4.25. The van der Waals surface area contributed by atoms with Crippen molar-refractivity contribution < 1.29 is 86.5 Å². The summed E-state index contributed by atoms with van der Waals surface area (Å²) in [6.45, 7) is 6.87. The molecule has 33 heavy (non-hydrogen) atoms. The van der Waals surface area contributed by atoms with Crippen LogP contribution in [0.15, 0.2) is 45.6 Å². The minimum atomic E-state index is -5.28. The van der Waals surface area contributed by atoms with Gasteiger partial charge in [0.05, 0.1) is 5.39 Å². The number of alkyl halides is 3. The predicted molar refractivity (Wildman–Crippen MR) is 114 cm³/mol. The summed E-state index contributed by atoms with van der Waals surface area (Å²) in [6, 6.07) is 9.51. The van der Waals surface area contributed by atoms with Gasteiger partial charge in [-0.15, -0.1) is 0 Å². The maximum absolute atomic E-state index is 12.5. The molecule has 0 aliphatic carbocycles. The van der Waals surface area contributed by atoms with Crippen molar-refractivity contribution in [3.63, 3.8) is 0 Å². The smallest absolute Gasteiger partial charge is 0.455 e. The molecule has 1 heterocycles. The maximum Gasteiger partial charge on any atom is 0.455 e. The molecule has 0 unspecified atom stereocenters. The van der Waals surface area contributed by atoms with Crippen LogP contribution in [-0.2, 0) is 9.59 Å². The quantitative estimate of drug-likeness (QED) is 0.245. The number of hydrogen-bond donors (Lipinski definition) is 1. The van der Waals surface area contributed by atoms with Crippen LogP contribution in [0.3, 0.4) is 0 Å². The number of aromatic hydroxyl groups is 1. The monoisotopic (exact) mass is 605 g/mol. The molecule has 0 spiro atoms. The van der Waals surface area contributed by atoms with Crippen LogP contribution < -0.4 is 5.63 Å². The van der Waals surface area contributed by atoms with E-state index >= 15 is 0 Å². The van der Waals surface area contributed by atoms with Gasteiger partial charge in [-0.25, -0.2) is 4.79 Å². The molecule has 1 radical (unpaired) electrons. The van der Waals surface area contributed by atoms with Crippen LogP contribution in [0.4, 0.5) is 13.2 Å². The SMILES string of the molecule is CCC(C)=O.CCC(C)=O.O=C(c1c(O)c2ccc3ccccc3c2oc1=O)C(F)(F)F.[Eu]. The van der Waals surface area contributed by atoms with Gasteiger partial charge in [0.2, 0.25) is 0 Å². The van der Waals surface area contributed by atoms with Gasteiger partial charge in [0.25, 0.3) is 5.78 Å². The standard InChI is InChI=1S/C15H7F3O4.2C4H8O.Eu/c16-15(17,18)13(20)10-11(19)9-6-5-7-3-1-2-4-8(7)12(9)22-14(10)21;2*1-3-4(2)5;/h1-6,19H;2*3H2,1-2H3;. The fourth-order valence-corrected chi connectivity index (χ4v) is 2.26. The fraction of sp³-hybridized carbons (Fsp3) is 0.304. The molecule has 179 valence electrons. The van der Waals surface area contributed by atoms with Gasteiger partial charge >= 0.3 is 11.8 Å². The van der Waals surface area contributed by atoms with Crippen LogP contribution in [0.2, 0.25) is 0 Å². The Morgan fingerprint density at radius 3 is 1.85 bits per heavy atom. The molecule has 0 saturated carbocycles. The second-order valence-electron chi connectivity index (χ2n) is 6.71. The number of carbonyl (C=O) groups is 3. The van der Waals surface area contributed by atoms with E-state index in [1.807, 2.05) is 13.8 Å². The molecule has 0 amide bonds. The summed E-state index contributed by atoms with van der Waals surface area (Å²) >= 11 is 0. The van der Waals surface area contributed by atoms with E-state index in [-0.39, 0.29) is 71.9 Å². The van der Waals surface area contributed by atoms with Crippen molar-refractivity contribution in [3.8, 4) is 5.75 Å². The number of hydrogen-bond acceptors (Lipinski definition) is 6. The van der Waals surface area contributed by atoms with Crippen molar-refractivity contribution in [2.24, 2.45) is 0 Å². The molecule has 0 atom stereocenters. The van der Waals surface area contributed by atoms with Crippen molar-refractivity contribution in [3.05, 3.63) is 52.4 Å². The van der Waals surface area contributed by atoms with E-state index < -0.39 is 28.9 Å². The Kier molecular flexibility index (Phi) is 12.9. The molecule has 10 heteroatoms. The topological polar surface area (TPSA) is 102 Å². The molecule has 0 bridgehead atoms. The van der Waals surface area contributed by atoms with Crippen LogP contribution in [0, 0.1) is 49.4 Å². The largest absolute Gasteiger partial charge is 0.506 e. The molecular weight excluding hydrogens is 581 g/mol. The zero-order valence-electron chi connectivity index (χ0n) is 18.4. The second-order valence-corrected chi connectivity index (χ2v) is 6.71. The first-order valence-electron chi connectivity index (χ1n) is 9.62. The summed E-state index contributed by atoms with van der Waals surface area (Å²) in [5.74, 6) is -2.96. The molecule has 1 aromatic heterocycles. The van der Waals surface area contributed by atoms with E-state index in [9.17, 15) is 37.5 Å². The van der Waals surface area contributed by atoms with Gasteiger partial charge in [0.1, 0.15) is 22.9 Å². The summed E-state index contributed by atoms with van der Waals surface area (Å²) in [5, 5.41) is 10.9. The zero-order valence-corrected chi connectivity index (χ0v) is 20.8. The maximum atomic E-state index is 12.5. The zero-order chi connectivity index (χ0) is 24.6. The number of halogens is 3. The van der Waals surface area contributed by atoms with E-state index in [4.69, 9.17) is 4.42 Å². The Morgan fingerprint density at radius 2 is 1.39 bits per heavy atom. The van der Waals surface area contributed by atoms with Crippen molar-refractivity contribution >= 4 is 39.1 Å². The third kappa shape index (κ3) is 8.75. The van der Waals surface area contributed by atoms with Crippen molar-refractivity contribution in [1.29, 1.82) is 0 Å². The van der Waals surface area contributed by atoms with Crippen molar-refractivity contribution in [2.45, 2.75) is 46.7 Å². The van der Waals surface area contributed by atoms with Gasteiger partial charge in [0, 0.05) is 67.6 Å². The van der Waals surface area contributed by atoms with Gasteiger partial charge in [-0.3, -0.25) is 4.79 Å². The van der Waals surface area contributed by atoms with Crippen LogP contribution in [0.1, 0.15) is 50.9 Å². The summed E-state index contributed by atoms with van der Waals surface area (Å²) in [7, 11) is 0. The van der Waals surface area contributed by atoms with Crippen LogP contribution in [0.5, 0.6) is 5.75 Å². The normalized spacial score (nSPS) is 10.3. The minimum Gasteiger partial charge on any atom is -0.506 e. The number of Topliss-reactive ketones (excluding diaryl/α,β-unsaturated/α-hetero) is 3. The Morgan fingerprint density at radius 1 is 0.909 bits per heavy atom. The van der Waals surface area contributed by atoms with Gasteiger partial charge in [-0.1, -0.05) is 44.2 Å². The van der Waals surface area contributed by atoms with Crippen LogP contribution >= 0.6 is 0 Å². The Labute approximate surface area is 228 Å². The number of fused-ring (bicyclic) bond motifs is 3. The van der Waals surface area contributed by atoms with E-state index in [0.717, 1.165) is 0 Å². The van der Waals surface area contributed by atoms with Gasteiger partial charge in [-0.2, -0.15) is 13.2 Å². The summed E-state index contributed by atoms with van der Waals surface area (Å²) in [4.78, 5) is 42.6. The molecule has 0 aliphatic heterocycles. The molecule has 0 saturated heterocycles. The number of ketones is 3. The van der Waals surface area contributed by atoms with Crippen LogP contribution in [0.25, 0.3) is 21.7 Å². The molecule has 6 nitrogen and oxygen atoms in total. The van der Waals surface area contributed by atoms with E-state index in [0.29, 0.717) is 23.6 Å². The van der Waals surface area contributed by atoms with Gasteiger partial charge in [-0.05, 0) is 25.3 Å². The van der Waals surface area contributed by atoms with Crippen molar-refractivity contribution in [2.75, 3.05) is 0 Å². The molecule has 0 aliphatic rings. The number of rotatable bonds is 3.